The van der Waals surface area contributed by atoms with Crippen molar-refractivity contribution in [3.05, 3.63) is 0 Å². The second-order valence-corrected chi connectivity index (χ2v) is 10.5. The quantitative estimate of drug-likeness (QED) is 0.519. The molecule has 0 bridgehead atoms. The van der Waals surface area contributed by atoms with Crippen molar-refractivity contribution in [1.82, 2.24) is 16.0 Å². The molecule has 2 saturated carbocycles. The average molecular weight is 438 g/mol. The zero-order valence-corrected chi connectivity index (χ0v) is 19.3. The predicted octanol–water partition coefficient (Wildman–Crippen LogP) is 1.50. The third-order valence-corrected chi connectivity index (χ3v) is 6.55. The molecule has 174 valence electrons. The minimum atomic E-state index is -1.24. The molecule has 0 aromatic rings. The Labute approximate surface area is 183 Å². The lowest BCUT2D eigenvalue weighted by molar-refractivity contribution is -0.148. The van der Waals surface area contributed by atoms with Crippen molar-refractivity contribution in [2.45, 2.75) is 77.5 Å². The Morgan fingerprint density at radius 3 is 2.45 bits per heavy atom. The summed E-state index contributed by atoms with van der Waals surface area (Å²) in [5.74, 6) is -1.02. The molecule has 0 aromatic carbocycles. The summed E-state index contributed by atoms with van der Waals surface area (Å²) in [6.07, 6.45) is 1.64. The molecule has 3 rings (SSSR count). The fourth-order valence-corrected chi connectivity index (χ4v) is 5.04. The van der Waals surface area contributed by atoms with Crippen molar-refractivity contribution in [3.63, 3.8) is 0 Å². The second kappa shape index (κ2) is 7.98. The molecular formula is C22H35N3O6. The van der Waals surface area contributed by atoms with Crippen LogP contribution in [0.5, 0.6) is 0 Å². The molecule has 31 heavy (non-hydrogen) atoms. The molecule has 2 aliphatic carbocycles. The van der Waals surface area contributed by atoms with Gasteiger partial charge in [0.25, 0.3) is 0 Å². The van der Waals surface area contributed by atoms with Crippen molar-refractivity contribution >= 4 is 23.9 Å². The molecule has 1 heterocycles. The maximum absolute atomic E-state index is 13.2. The number of carbonyl (C=O) groups is 4. The molecular weight excluding hydrogens is 402 g/mol. The van der Waals surface area contributed by atoms with Gasteiger partial charge in [0.2, 0.25) is 11.8 Å². The Kier molecular flexibility index (Phi) is 6.01. The highest BCUT2D eigenvalue weighted by atomic mass is 16.6. The van der Waals surface area contributed by atoms with Crippen molar-refractivity contribution in [2.75, 3.05) is 13.7 Å². The summed E-state index contributed by atoms with van der Waals surface area (Å²) in [5, 5.41) is 8.38. The second-order valence-electron chi connectivity index (χ2n) is 10.5. The Morgan fingerprint density at radius 2 is 1.90 bits per heavy atom. The molecule has 9 nitrogen and oxygen atoms in total. The first-order valence-corrected chi connectivity index (χ1v) is 11.0. The molecule has 5 atom stereocenters. The van der Waals surface area contributed by atoms with Crippen molar-refractivity contribution in [1.29, 1.82) is 0 Å². The minimum absolute atomic E-state index is 0.0422. The Balaban J connectivity index is 1.76. The van der Waals surface area contributed by atoms with E-state index in [2.05, 4.69) is 16.0 Å². The summed E-state index contributed by atoms with van der Waals surface area (Å²) in [5.41, 5.74) is -2.54. The lowest BCUT2D eigenvalue weighted by Crippen LogP contribution is -2.56. The smallest absolute Gasteiger partial charge is 0.408 e. The number of ether oxygens (including phenoxy) is 2. The molecule has 0 radical (unpaired) electrons. The number of rotatable bonds is 7. The van der Waals surface area contributed by atoms with Crippen LogP contribution in [-0.2, 0) is 23.9 Å². The van der Waals surface area contributed by atoms with Gasteiger partial charge in [0.05, 0.1) is 12.5 Å². The summed E-state index contributed by atoms with van der Waals surface area (Å²) >= 11 is 0. The molecule has 1 saturated heterocycles. The van der Waals surface area contributed by atoms with Gasteiger partial charge >= 0.3 is 12.1 Å². The topological polar surface area (TPSA) is 123 Å². The number of hydrogen-bond donors (Lipinski definition) is 3. The minimum Gasteiger partial charge on any atom is -0.467 e. The summed E-state index contributed by atoms with van der Waals surface area (Å²) in [6, 6.07) is -0.870. The highest BCUT2D eigenvalue weighted by molar-refractivity contribution is 5.97. The van der Waals surface area contributed by atoms with Crippen LogP contribution in [0.3, 0.4) is 0 Å². The van der Waals surface area contributed by atoms with E-state index in [0.717, 1.165) is 12.8 Å². The highest BCUT2D eigenvalue weighted by Gasteiger charge is 2.79. The van der Waals surface area contributed by atoms with Crippen molar-refractivity contribution < 1.29 is 28.7 Å². The van der Waals surface area contributed by atoms with Crippen LogP contribution < -0.4 is 16.0 Å². The standard InChI is InChI=1S/C22H35N3O6/c1-12(2)9-14(24-19(29)31-20(3,4)5)16(26)25-22(18(28)30-6)11-15(22)21-10-13(21)7-8-23-17(21)27/h12-15H,7-11H2,1-6H3,(H,23,27)(H,24,29)(H,25,26)/t13?,14-,15?,21-,22?/m0/s1. The predicted molar refractivity (Wildman–Crippen MR) is 112 cm³/mol. The van der Waals surface area contributed by atoms with Crippen LogP contribution in [-0.4, -0.2) is 54.7 Å². The van der Waals surface area contributed by atoms with E-state index >= 15 is 0 Å². The number of methoxy groups -OCH3 is 1. The van der Waals surface area contributed by atoms with E-state index in [1.807, 2.05) is 13.8 Å². The fraction of sp³-hybridized carbons (Fsp3) is 0.818. The van der Waals surface area contributed by atoms with Crippen molar-refractivity contribution in [2.24, 2.45) is 23.2 Å². The molecule has 3 amide bonds. The lowest BCUT2D eigenvalue weighted by Gasteiger charge is -2.28. The number of carbonyl (C=O) groups excluding carboxylic acids is 4. The van der Waals surface area contributed by atoms with Crippen LogP contribution in [0.2, 0.25) is 0 Å². The summed E-state index contributed by atoms with van der Waals surface area (Å²) < 4.78 is 10.3. The Bertz CT molecular complexity index is 776. The van der Waals surface area contributed by atoms with Crippen LogP contribution in [0.15, 0.2) is 0 Å². The molecule has 3 N–H and O–H groups in total. The van der Waals surface area contributed by atoms with Gasteiger partial charge in [-0.1, -0.05) is 13.8 Å². The first-order chi connectivity index (χ1) is 14.4. The van der Waals surface area contributed by atoms with Gasteiger partial charge in [-0.2, -0.15) is 0 Å². The number of esters is 1. The van der Waals surface area contributed by atoms with E-state index in [1.165, 1.54) is 7.11 Å². The van der Waals surface area contributed by atoms with Gasteiger partial charge in [0.15, 0.2) is 0 Å². The van der Waals surface area contributed by atoms with Crippen LogP contribution >= 0.6 is 0 Å². The molecule has 3 aliphatic rings. The number of piperidine rings is 1. The monoisotopic (exact) mass is 437 g/mol. The molecule has 0 spiro atoms. The zero-order chi connectivity index (χ0) is 23.2. The molecule has 3 fully saturated rings. The van der Waals surface area contributed by atoms with E-state index in [0.29, 0.717) is 19.4 Å². The third-order valence-electron chi connectivity index (χ3n) is 6.55. The fourth-order valence-electron chi connectivity index (χ4n) is 5.04. The van der Waals surface area contributed by atoms with Gasteiger partial charge in [-0.3, -0.25) is 9.59 Å². The van der Waals surface area contributed by atoms with Gasteiger partial charge in [0.1, 0.15) is 17.2 Å². The molecule has 9 heteroatoms. The van der Waals surface area contributed by atoms with E-state index in [9.17, 15) is 19.2 Å². The first-order valence-electron chi connectivity index (χ1n) is 11.0. The summed E-state index contributed by atoms with van der Waals surface area (Å²) in [6.45, 7) is 9.75. The summed E-state index contributed by atoms with van der Waals surface area (Å²) in [7, 11) is 1.28. The normalized spacial score (nSPS) is 32.3. The Hall–Kier alpha value is -2.32. The first kappa shape index (κ1) is 23.3. The zero-order valence-electron chi connectivity index (χ0n) is 19.3. The van der Waals surface area contributed by atoms with Crippen LogP contribution in [0.4, 0.5) is 4.79 Å². The summed E-state index contributed by atoms with van der Waals surface area (Å²) in [4.78, 5) is 50.8. The lowest BCUT2D eigenvalue weighted by atomic mass is 9.89. The number of alkyl carbamates (subject to hydrolysis) is 1. The van der Waals surface area contributed by atoms with E-state index in [4.69, 9.17) is 9.47 Å². The van der Waals surface area contributed by atoms with Crippen LogP contribution in [0, 0.1) is 23.2 Å². The molecule has 0 aromatic heterocycles. The number of nitrogens with one attached hydrogen (secondary N) is 3. The third kappa shape index (κ3) is 4.50. The van der Waals surface area contributed by atoms with Crippen LogP contribution in [0.25, 0.3) is 0 Å². The number of amides is 3. The van der Waals surface area contributed by atoms with Gasteiger partial charge < -0.3 is 25.4 Å². The number of fused-ring (bicyclic) bond motifs is 1. The van der Waals surface area contributed by atoms with E-state index in [-0.39, 0.29) is 23.7 Å². The van der Waals surface area contributed by atoms with Gasteiger partial charge in [0, 0.05) is 12.5 Å². The van der Waals surface area contributed by atoms with Crippen LogP contribution in [0.1, 0.15) is 60.3 Å². The SMILES string of the molecule is COC(=O)C1(NC(=O)[C@H](CC(C)C)NC(=O)OC(C)(C)C)CC1[C@]12CC1CCNC2=O. The highest BCUT2D eigenvalue weighted by Crippen LogP contribution is 2.71. The van der Waals surface area contributed by atoms with E-state index in [1.54, 1.807) is 20.8 Å². The van der Waals surface area contributed by atoms with Gasteiger partial charge in [-0.05, 0) is 58.3 Å². The number of hydrogen-bond acceptors (Lipinski definition) is 6. The van der Waals surface area contributed by atoms with Crippen molar-refractivity contribution in [3.8, 4) is 0 Å². The average Bonchev–Trinajstić information content (AvgIpc) is 3.53. The maximum atomic E-state index is 13.2. The molecule has 3 unspecified atom stereocenters. The molecule has 1 aliphatic heterocycles. The van der Waals surface area contributed by atoms with Gasteiger partial charge in [-0.15, -0.1) is 0 Å². The van der Waals surface area contributed by atoms with Gasteiger partial charge in [-0.25, -0.2) is 9.59 Å². The largest absolute Gasteiger partial charge is 0.467 e. The maximum Gasteiger partial charge on any atom is 0.408 e. The van der Waals surface area contributed by atoms with E-state index < -0.39 is 40.6 Å². The Morgan fingerprint density at radius 1 is 1.23 bits per heavy atom.